The fourth-order valence-corrected chi connectivity index (χ4v) is 2.84. The van der Waals surface area contributed by atoms with Crippen LogP contribution in [0.2, 0.25) is 0 Å². The molecule has 6 heteroatoms. The molecule has 0 bridgehead atoms. The first-order valence-electron chi connectivity index (χ1n) is 10.7. The molecule has 0 atom stereocenters. The molecular formula is C25H36N4O2. The van der Waals surface area contributed by atoms with E-state index in [1.807, 2.05) is 37.3 Å². The van der Waals surface area contributed by atoms with E-state index in [-0.39, 0.29) is 11.5 Å². The predicted octanol–water partition coefficient (Wildman–Crippen LogP) is 3.96. The van der Waals surface area contributed by atoms with Gasteiger partial charge in [0.05, 0.1) is 18.8 Å². The van der Waals surface area contributed by atoms with E-state index in [4.69, 9.17) is 9.73 Å². The number of hydrogen-bond acceptors (Lipinski definition) is 3. The number of nitrogens with one attached hydrogen (secondary N) is 2. The number of ether oxygens (including phenoxy) is 1. The van der Waals surface area contributed by atoms with Crippen LogP contribution in [0.25, 0.3) is 0 Å². The second-order valence-electron chi connectivity index (χ2n) is 8.67. The predicted molar refractivity (Wildman–Crippen MR) is 127 cm³/mol. The molecule has 0 unspecified atom stereocenters. The Morgan fingerprint density at radius 2 is 1.68 bits per heavy atom. The van der Waals surface area contributed by atoms with Crippen LogP contribution in [0.15, 0.2) is 53.5 Å². The highest BCUT2D eigenvalue weighted by Crippen LogP contribution is 2.13. The Kier molecular flexibility index (Phi) is 9.06. The first kappa shape index (κ1) is 24.4. The van der Waals surface area contributed by atoms with E-state index in [9.17, 15) is 4.79 Å². The van der Waals surface area contributed by atoms with E-state index in [0.29, 0.717) is 25.3 Å². The normalized spacial score (nSPS) is 11.9. The van der Waals surface area contributed by atoms with Gasteiger partial charge in [0.1, 0.15) is 0 Å². The third-order valence-electron chi connectivity index (χ3n) is 4.49. The van der Waals surface area contributed by atoms with Crippen LogP contribution in [0.1, 0.15) is 54.7 Å². The lowest BCUT2D eigenvalue weighted by Crippen LogP contribution is -2.36. The smallest absolute Gasteiger partial charge is 0.253 e. The minimum atomic E-state index is -0.158. The summed E-state index contributed by atoms with van der Waals surface area (Å²) in [6.45, 7) is 10.8. The van der Waals surface area contributed by atoms with Crippen LogP contribution >= 0.6 is 0 Å². The van der Waals surface area contributed by atoms with Crippen molar-refractivity contribution in [3.8, 4) is 0 Å². The number of aliphatic imine (C=N–C) groups is 1. The second-order valence-corrected chi connectivity index (χ2v) is 8.67. The molecule has 0 aliphatic heterocycles. The molecule has 0 aliphatic carbocycles. The zero-order valence-corrected chi connectivity index (χ0v) is 19.7. The summed E-state index contributed by atoms with van der Waals surface area (Å²) in [5, 5.41) is 6.64. The average Bonchev–Trinajstić information content (AvgIpc) is 2.74. The maximum atomic E-state index is 12.0. The van der Waals surface area contributed by atoms with E-state index >= 15 is 0 Å². The van der Waals surface area contributed by atoms with Crippen molar-refractivity contribution >= 4 is 11.9 Å². The van der Waals surface area contributed by atoms with Crippen LogP contribution < -0.4 is 10.6 Å². The molecule has 2 aromatic rings. The van der Waals surface area contributed by atoms with Crippen LogP contribution in [-0.2, 0) is 24.4 Å². The monoisotopic (exact) mass is 424 g/mol. The molecule has 0 spiro atoms. The Morgan fingerprint density at radius 1 is 1.00 bits per heavy atom. The van der Waals surface area contributed by atoms with Gasteiger partial charge in [0.25, 0.3) is 5.91 Å². The van der Waals surface area contributed by atoms with Crippen molar-refractivity contribution in [2.75, 3.05) is 20.6 Å². The van der Waals surface area contributed by atoms with E-state index in [1.54, 1.807) is 19.0 Å². The third-order valence-corrected chi connectivity index (χ3v) is 4.49. The highest BCUT2D eigenvalue weighted by molar-refractivity contribution is 5.93. The van der Waals surface area contributed by atoms with Gasteiger partial charge in [-0.05, 0) is 56.5 Å². The summed E-state index contributed by atoms with van der Waals surface area (Å²) < 4.78 is 5.87. The van der Waals surface area contributed by atoms with Crippen molar-refractivity contribution in [1.29, 1.82) is 0 Å². The lowest BCUT2D eigenvalue weighted by atomic mass is 10.1. The van der Waals surface area contributed by atoms with Gasteiger partial charge < -0.3 is 20.3 Å². The summed E-state index contributed by atoms with van der Waals surface area (Å²) in [4.78, 5) is 18.3. The first-order chi connectivity index (χ1) is 14.7. The highest BCUT2D eigenvalue weighted by atomic mass is 16.5. The number of hydrogen-bond donors (Lipinski definition) is 2. The zero-order valence-electron chi connectivity index (χ0n) is 19.7. The summed E-state index contributed by atoms with van der Waals surface area (Å²) in [5.41, 5.74) is 3.90. The average molecular weight is 425 g/mol. The number of carbonyl (C=O) groups excluding carboxylic acids is 1. The molecule has 2 aromatic carbocycles. The molecule has 168 valence electrons. The van der Waals surface area contributed by atoms with Gasteiger partial charge in [-0.3, -0.25) is 4.79 Å². The molecule has 31 heavy (non-hydrogen) atoms. The minimum Gasteiger partial charge on any atom is -0.371 e. The third kappa shape index (κ3) is 8.80. The molecule has 0 aromatic heterocycles. The summed E-state index contributed by atoms with van der Waals surface area (Å²) in [6.07, 6.45) is 0. The summed E-state index contributed by atoms with van der Waals surface area (Å²) in [7, 11) is 3.51. The Morgan fingerprint density at radius 3 is 2.29 bits per heavy atom. The number of nitrogens with zero attached hydrogens (tertiary/aromatic N) is 2. The molecule has 0 radical (unpaired) electrons. The number of benzene rings is 2. The van der Waals surface area contributed by atoms with E-state index < -0.39 is 0 Å². The van der Waals surface area contributed by atoms with Crippen molar-refractivity contribution in [3.63, 3.8) is 0 Å². The number of guanidine groups is 1. The Bertz CT molecular complexity index is 868. The van der Waals surface area contributed by atoms with Crippen molar-refractivity contribution in [1.82, 2.24) is 15.5 Å². The van der Waals surface area contributed by atoms with Crippen LogP contribution in [0.5, 0.6) is 0 Å². The molecule has 0 fully saturated rings. The molecule has 0 aliphatic rings. The maximum absolute atomic E-state index is 12.0. The molecule has 0 saturated heterocycles. The van der Waals surface area contributed by atoms with E-state index in [1.165, 1.54) is 0 Å². The largest absolute Gasteiger partial charge is 0.371 e. The second kappa shape index (κ2) is 11.5. The molecule has 0 heterocycles. The number of rotatable bonds is 8. The van der Waals surface area contributed by atoms with Crippen LogP contribution in [0.4, 0.5) is 0 Å². The topological polar surface area (TPSA) is 66.0 Å². The number of carbonyl (C=O) groups is 1. The van der Waals surface area contributed by atoms with E-state index in [0.717, 1.165) is 29.2 Å². The molecule has 2 rings (SSSR count). The van der Waals surface area contributed by atoms with Crippen molar-refractivity contribution < 1.29 is 9.53 Å². The SMILES string of the molecule is CCNC(=NCc1cccc(COC(C)(C)C)c1)NCc1ccc(C(=O)N(C)C)cc1. The van der Waals surface area contributed by atoms with Crippen molar-refractivity contribution in [2.45, 2.75) is 53.0 Å². The van der Waals surface area contributed by atoms with Crippen molar-refractivity contribution in [3.05, 3.63) is 70.8 Å². The van der Waals surface area contributed by atoms with Gasteiger partial charge in [-0.15, -0.1) is 0 Å². The summed E-state index contributed by atoms with van der Waals surface area (Å²) in [5.74, 6) is 0.761. The van der Waals surface area contributed by atoms with Gasteiger partial charge in [0, 0.05) is 32.7 Å². The number of amides is 1. The lowest BCUT2D eigenvalue weighted by Gasteiger charge is -2.19. The molecule has 6 nitrogen and oxygen atoms in total. The molecule has 2 N–H and O–H groups in total. The first-order valence-corrected chi connectivity index (χ1v) is 10.7. The van der Waals surface area contributed by atoms with Gasteiger partial charge in [0.15, 0.2) is 5.96 Å². The zero-order chi connectivity index (χ0) is 22.9. The fourth-order valence-electron chi connectivity index (χ4n) is 2.84. The molecule has 1 amide bonds. The standard InChI is InChI=1S/C25H36N4O2/c1-7-26-24(27-16-19-11-13-22(14-12-19)23(30)29(5)6)28-17-20-9-8-10-21(15-20)18-31-25(2,3)4/h8-15H,7,16-18H2,1-6H3,(H2,26,27,28). The summed E-state index contributed by atoms with van der Waals surface area (Å²) in [6, 6.07) is 16.0. The minimum absolute atomic E-state index is 0.00420. The highest BCUT2D eigenvalue weighted by Gasteiger charge is 2.10. The van der Waals surface area contributed by atoms with Gasteiger partial charge in [-0.2, -0.15) is 0 Å². The van der Waals surface area contributed by atoms with Crippen molar-refractivity contribution in [2.24, 2.45) is 4.99 Å². The van der Waals surface area contributed by atoms with Gasteiger partial charge >= 0.3 is 0 Å². The van der Waals surface area contributed by atoms with Crippen LogP contribution in [0.3, 0.4) is 0 Å². The maximum Gasteiger partial charge on any atom is 0.253 e. The van der Waals surface area contributed by atoms with Crippen LogP contribution in [-0.4, -0.2) is 43.0 Å². The van der Waals surface area contributed by atoms with Gasteiger partial charge in [0.2, 0.25) is 0 Å². The van der Waals surface area contributed by atoms with Gasteiger partial charge in [-0.1, -0.05) is 36.4 Å². The molecule has 0 saturated carbocycles. The lowest BCUT2D eigenvalue weighted by molar-refractivity contribution is -0.0149. The summed E-state index contributed by atoms with van der Waals surface area (Å²) >= 11 is 0. The molecular weight excluding hydrogens is 388 g/mol. The van der Waals surface area contributed by atoms with E-state index in [2.05, 4.69) is 49.6 Å². The quantitative estimate of drug-likeness (QED) is 0.497. The fraction of sp³-hybridized carbons (Fsp3) is 0.440. The Balaban J connectivity index is 1.97. The Hall–Kier alpha value is -2.86. The Labute approximate surface area is 186 Å². The van der Waals surface area contributed by atoms with Crippen LogP contribution in [0, 0.1) is 0 Å². The van der Waals surface area contributed by atoms with Gasteiger partial charge in [-0.25, -0.2) is 4.99 Å².